The number of benzene rings is 2. The summed E-state index contributed by atoms with van der Waals surface area (Å²) in [6.07, 6.45) is -8.73. The van der Waals surface area contributed by atoms with Gasteiger partial charge in [-0.05, 0) is 67.5 Å². The molecule has 2 aliphatic rings. The summed E-state index contributed by atoms with van der Waals surface area (Å²) in [5, 5.41) is 5.29. The molecule has 6 nitrogen and oxygen atoms in total. The Kier molecular flexibility index (Phi) is 9.03. The number of fused-ring (bicyclic) bond motifs is 1. The third-order valence-corrected chi connectivity index (χ3v) is 8.08. The second-order valence-corrected chi connectivity index (χ2v) is 11.0. The zero-order valence-electron chi connectivity index (χ0n) is 22.9. The summed E-state index contributed by atoms with van der Waals surface area (Å²) in [5.41, 5.74) is -2.85. The number of halogens is 6. The summed E-state index contributed by atoms with van der Waals surface area (Å²) in [5.74, 6) is -0.722. The monoisotopic (exact) mass is 585 g/mol. The summed E-state index contributed by atoms with van der Waals surface area (Å²) in [6, 6.07) is 6.43. The van der Waals surface area contributed by atoms with Crippen LogP contribution in [0.5, 0.6) is 0 Å². The van der Waals surface area contributed by atoms with E-state index in [2.05, 4.69) is 29.4 Å². The maximum atomic E-state index is 13.4. The number of likely N-dealkylation sites (tertiary alicyclic amines) is 1. The average Bonchev–Trinajstić information content (AvgIpc) is 3.45. The lowest BCUT2D eigenvalue weighted by Crippen LogP contribution is -2.46. The van der Waals surface area contributed by atoms with Crippen molar-refractivity contribution in [2.75, 3.05) is 33.4 Å². The van der Waals surface area contributed by atoms with E-state index < -0.39 is 47.4 Å². The number of amides is 2. The first kappa shape index (κ1) is 30.8. The SMILES string of the molecule is COCC1[C@@H](NC(=O)CNC(=O)c2cc(C(F)(F)F)ccc2-c2cccc(C(F)(F)F)c2)C[C@H]2CN(C(C)C)C[C@@H]12. The van der Waals surface area contributed by atoms with Gasteiger partial charge in [-0.15, -0.1) is 0 Å². The van der Waals surface area contributed by atoms with E-state index in [0.717, 1.165) is 43.8 Å². The van der Waals surface area contributed by atoms with E-state index in [9.17, 15) is 35.9 Å². The number of carbonyl (C=O) groups is 2. The van der Waals surface area contributed by atoms with Gasteiger partial charge in [-0.1, -0.05) is 18.2 Å². The summed E-state index contributed by atoms with van der Waals surface area (Å²) in [4.78, 5) is 28.3. The van der Waals surface area contributed by atoms with E-state index in [0.29, 0.717) is 36.6 Å². The lowest BCUT2D eigenvalue weighted by atomic mass is 9.92. The van der Waals surface area contributed by atoms with Crippen molar-refractivity contribution >= 4 is 11.8 Å². The largest absolute Gasteiger partial charge is 0.416 e. The van der Waals surface area contributed by atoms with Gasteiger partial charge < -0.3 is 20.3 Å². The van der Waals surface area contributed by atoms with Crippen LogP contribution in [0.4, 0.5) is 26.3 Å². The van der Waals surface area contributed by atoms with E-state index in [1.165, 1.54) is 6.07 Å². The maximum Gasteiger partial charge on any atom is 0.416 e. The quantitative estimate of drug-likeness (QED) is 0.417. The van der Waals surface area contributed by atoms with Crippen LogP contribution in [0.15, 0.2) is 42.5 Å². The van der Waals surface area contributed by atoms with Crippen LogP contribution < -0.4 is 10.6 Å². The second kappa shape index (κ2) is 12.0. The summed E-state index contributed by atoms with van der Waals surface area (Å²) in [7, 11) is 1.60. The standard InChI is InChI=1S/C29H33F6N3O3/c1-16(2)38-13-18-10-25(24(15-41-3)23(18)14-38)37-26(39)12-36-27(40)22-11-20(29(33,34)35)7-8-21(22)17-5-4-6-19(9-17)28(30,31)32/h4-9,11,16,18,23-25H,10,12-15H2,1-3H3,(H,36,40)(H,37,39)/t18-,23+,24?,25-/m0/s1. The van der Waals surface area contributed by atoms with Gasteiger partial charge >= 0.3 is 12.4 Å². The molecule has 4 rings (SSSR count). The van der Waals surface area contributed by atoms with Gasteiger partial charge in [-0.25, -0.2) is 0 Å². The Morgan fingerprint density at radius 3 is 2.32 bits per heavy atom. The molecule has 2 aromatic carbocycles. The van der Waals surface area contributed by atoms with Crippen molar-refractivity contribution in [2.45, 2.75) is 44.7 Å². The van der Waals surface area contributed by atoms with Crippen molar-refractivity contribution < 1.29 is 40.7 Å². The summed E-state index contributed by atoms with van der Waals surface area (Å²) < 4.78 is 85.5. The molecule has 2 amide bonds. The molecule has 1 aliphatic heterocycles. The number of methoxy groups -OCH3 is 1. The molecule has 1 saturated carbocycles. The predicted octanol–water partition coefficient (Wildman–Crippen LogP) is 5.23. The van der Waals surface area contributed by atoms with Crippen LogP contribution in [-0.2, 0) is 21.9 Å². The Morgan fingerprint density at radius 2 is 1.68 bits per heavy atom. The minimum atomic E-state index is -4.79. The van der Waals surface area contributed by atoms with Crippen LogP contribution in [0, 0.1) is 17.8 Å². The lowest BCUT2D eigenvalue weighted by molar-refractivity contribution is -0.138. The highest BCUT2D eigenvalue weighted by atomic mass is 19.4. The molecule has 2 aromatic rings. The molecule has 2 fully saturated rings. The topological polar surface area (TPSA) is 70.7 Å². The first-order valence-corrected chi connectivity index (χ1v) is 13.4. The highest BCUT2D eigenvalue weighted by Crippen LogP contribution is 2.43. The van der Waals surface area contributed by atoms with Crippen molar-refractivity contribution in [3.8, 4) is 11.1 Å². The number of hydrogen-bond acceptors (Lipinski definition) is 4. The van der Waals surface area contributed by atoms with Gasteiger partial charge in [0.1, 0.15) is 0 Å². The highest BCUT2D eigenvalue weighted by molar-refractivity contribution is 6.02. The zero-order chi connectivity index (χ0) is 30.1. The third-order valence-electron chi connectivity index (χ3n) is 8.08. The fourth-order valence-electron chi connectivity index (χ4n) is 6.02. The average molecular weight is 586 g/mol. The van der Waals surface area contributed by atoms with E-state index in [4.69, 9.17) is 4.74 Å². The van der Waals surface area contributed by atoms with Gasteiger partial charge in [0, 0.05) is 43.8 Å². The molecular formula is C29H33F6N3O3. The lowest BCUT2D eigenvalue weighted by Gasteiger charge is -2.27. The first-order valence-electron chi connectivity index (χ1n) is 13.4. The van der Waals surface area contributed by atoms with Crippen LogP contribution in [0.1, 0.15) is 41.8 Å². The normalized spacial score (nSPS) is 23.1. The second-order valence-electron chi connectivity index (χ2n) is 11.0. The molecule has 0 aromatic heterocycles. The van der Waals surface area contributed by atoms with Gasteiger partial charge in [-0.3, -0.25) is 9.59 Å². The summed E-state index contributed by atoms with van der Waals surface area (Å²) >= 11 is 0. The van der Waals surface area contributed by atoms with Gasteiger partial charge in [-0.2, -0.15) is 26.3 Å². The first-order chi connectivity index (χ1) is 19.2. The van der Waals surface area contributed by atoms with E-state index in [-0.39, 0.29) is 23.1 Å². The fourth-order valence-corrected chi connectivity index (χ4v) is 6.02. The van der Waals surface area contributed by atoms with Crippen LogP contribution in [0.3, 0.4) is 0 Å². The molecular weight excluding hydrogens is 552 g/mol. The summed E-state index contributed by atoms with van der Waals surface area (Å²) in [6.45, 7) is 6.02. The van der Waals surface area contributed by atoms with E-state index in [1.807, 2.05) is 0 Å². The molecule has 1 aliphatic carbocycles. The molecule has 0 spiro atoms. The Hall–Kier alpha value is -3.12. The highest BCUT2D eigenvalue weighted by Gasteiger charge is 2.48. The van der Waals surface area contributed by atoms with Crippen molar-refractivity contribution in [3.63, 3.8) is 0 Å². The van der Waals surface area contributed by atoms with E-state index >= 15 is 0 Å². The Bertz CT molecular complexity index is 1260. The molecule has 2 N–H and O–H groups in total. The molecule has 224 valence electrons. The van der Waals surface area contributed by atoms with Crippen molar-refractivity contribution in [3.05, 3.63) is 59.2 Å². The fraction of sp³-hybridized carbons (Fsp3) is 0.517. The third kappa shape index (κ3) is 7.03. The van der Waals surface area contributed by atoms with Crippen LogP contribution in [0.2, 0.25) is 0 Å². The maximum absolute atomic E-state index is 13.4. The number of nitrogens with zero attached hydrogens (tertiary/aromatic N) is 1. The molecule has 0 bridgehead atoms. The minimum absolute atomic E-state index is 0.0735. The molecule has 1 unspecified atom stereocenters. The van der Waals surface area contributed by atoms with Gasteiger partial charge in [0.15, 0.2) is 0 Å². The van der Waals surface area contributed by atoms with Gasteiger partial charge in [0.05, 0.1) is 24.3 Å². The number of rotatable bonds is 8. The molecule has 1 heterocycles. The number of hydrogen-bond donors (Lipinski definition) is 2. The predicted molar refractivity (Wildman–Crippen MR) is 140 cm³/mol. The molecule has 41 heavy (non-hydrogen) atoms. The Balaban J connectivity index is 1.49. The van der Waals surface area contributed by atoms with Crippen LogP contribution in [-0.4, -0.2) is 62.1 Å². The number of nitrogens with one attached hydrogen (secondary N) is 2. The van der Waals surface area contributed by atoms with Gasteiger partial charge in [0.2, 0.25) is 5.91 Å². The molecule has 0 radical (unpaired) electrons. The zero-order valence-corrected chi connectivity index (χ0v) is 22.9. The Morgan fingerprint density at radius 1 is 1.00 bits per heavy atom. The van der Waals surface area contributed by atoms with Crippen molar-refractivity contribution in [1.82, 2.24) is 15.5 Å². The van der Waals surface area contributed by atoms with Gasteiger partial charge in [0.25, 0.3) is 5.91 Å². The van der Waals surface area contributed by atoms with Crippen LogP contribution >= 0.6 is 0 Å². The van der Waals surface area contributed by atoms with Crippen molar-refractivity contribution in [1.29, 1.82) is 0 Å². The number of alkyl halides is 6. The smallest absolute Gasteiger partial charge is 0.384 e. The number of carbonyl (C=O) groups excluding carboxylic acids is 2. The molecule has 12 heteroatoms. The molecule has 1 saturated heterocycles. The van der Waals surface area contributed by atoms with Crippen LogP contribution in [0.25, 0.3) is 11.1 Å². The number of ether oxygens (including phenoxy) is 1. The Labute approximate surface area is 234 Å². The van der Waals surface area contributed by atoms with Crippen molar-refractivity contribution in [2.24, 2.45) is 17.8 Å². The minimum Gasteiger partial charge on any atom is -0.384 e. The molecule has 4 atom stereocenters. The van der Waals surface area contributed by atoms with E-state index in [1.54, 1.807) is 7.11 Å².